The number of hydrogen-bond donors (Lipinski definition) is 1. The van der Waals surface area contributed by atoms with Gasteiger partial charge in [0.25, 0.3) is 0 Å². The van der Waals surface area contributed by atoms with E-state index in [-0.39, 0.29) is 0 Å². The smallest absolute Gasteiger partial charge is 0.126 e. The maximum atomic E-state index is 4.58. The van der Waals surface area contributed by atoms with Gasteiger partial charge in [0.2, 0.25) is 0 Å². The maximum Gasteiger partial charge on any atom is 0.126 e. The van der Waals surface area contributed by atoms with E-state index in [4.69, 9.17) is 0 Å². The minimum atomic E-state index is 0.329. The molecule has 0 bridgehead atoms. The molecule has 0 spiro atoms. The van der Waals surface area contributed by atoms with Crippen LogP contribution in [0.1, 0.15) is 42.8 Å². The summed E-state index contributed by atoms with van der Waals surface area (Å²) in [6, 6.07) is 9.09. The molecule has 1 aliphatic carbocycles. The van der Waals surface area contributed by atoms with Crippen LogP contribution in [0.4, 0.5) is 0 Å². The van der Waals surface area contributed by atoms with Crippen molar-refractivity contribution in [2.24, 2.45) is 0 Å². The van der Waals surface area contributed by atoms with Crippen molar-refractivity contribution in [3.8, 4) is 0 Å². The van der Waals surface area contributed by atoms with Crippen LogP contribution < -0.4 is 5.32 Å². The number of aromatic nitrogens is 2. The van der Waals surface area contributed by atoms with E-state index >= 15 is 0 Å². The monoisotopic (exact) mass is 255 g/mol. The molecular formula is C16H21N3. The van der Waals surface area contributed by atoms with Crippen molar-refractivity contribution in [1.29, 1.82) is 0 Å². The van der Waals surface area contributed by atoms with E-state index in [2.05, 4.69) is 59.2 Å². The minimum Gasteiger partial charge on any atom is -0.334 e. The molecule has 3 rings (SSSR count). The summed E-state index contributed by atoms with van der Waals surface area (Å²) < 4.78 is 2.24. The Morgan fingerprint density at radius 3 is 2.95 bits per heavy atom. The number of aryl methyl sites for hydroxylation is 1. The second-order valence-electron chi connectivity index (χ2n) is 5.12. The van der Waals surface area contributed by atoms with Crippen molar-refractivity contribution in [3.63, 3.8) is 0 Å². The topological polar surface area (TPSA) is 29.9 Å². The molecule has 0 aliphatic heterocycles. The Hall–Kier alpha value is -1.61. The molecule has 100 valence electrons. The van der Waals surface area contributed by atoms with Crippen LogP contribution in [0.15, 0.2) is 36.7 Å². The zero-order chi connectivity index (χ0) is 13.2. The Morgan fingerprint density at radius 2 is 2.21 bits per heavy atom. The van der Waals surface area contributed by atoms with Gasteiger partial charge in [0.05, 0.1) is 6.04 Å². The summed E-state index contributed by atoms with van der Waals surface area (Å²) >= 11 is 0. The van der Waals surface area contributed by atoms with Crippen molar-refractivity contribution in [2.75, 3.05) is 6.54 Å². The van der Waals surface area contributed by atoms with E-state index in [9.17, 15) is 0 Å². The van der Waals surface area contributed by atoms with E-state index in [0.29, 0.717) is 12.0 Å². The summed E-state index contributed by atoms with van der Waals surface area (Å²) in [5.74, 6) is 1.73. The summed E-state index contributed by atoms with van der Waals surface area (Å²) in [5.41, 5.74) is 2.98. The lowest BCUT2D eigenvalue weighted by molar-refractivity contribution is 0.390. The van der Waals surface area contributed by atoms with Gasteiger partial charge in [-0.1, -0.05) is 31.2 Å². The number of hydrogen-bond acceptors (Lipinski definition) is 2. The van der Waals surface area contributed by atoms with Gasteiger partial charge in [0, 0.05) is 24.9 Å². The van der Waals surface area contributed by atoms with Crippen molar-refractivity contribution in [1.82, 2.24) is 14.9 Å². The van der Waals surface area contributed by atoms with Crippen LogP contribution >= 0.6 is 0 Å². The number of rotatable bonds is 5. The van der Waals surface area contributed by atoms with Gasteiger partial charge in [-0.3, -0.25) is 0 Å². The van der Waals surface area contributed by atoms with Crippen LogP contribution in [0, 0.1) is 0 Å². The third-order valence-electron chi connectivity index (χ3n) is 4.09. The fourth-order valence-electron chi connectivity index (χ4n) is 3.10. The fourth-order valence-corrected chi connectivity index (χ4v) is 3.10. The van der Waals surface area contributed by atoms with Gasteiger partial charge in [-0.25, -0.2) is 4.98 Å². The molecule has 3 heteroatoms. The molecule has 2 unspecified atom stereocenters. The molecule has 1 aromatic heterocycles. The highest BCUT2D eigenvalue weighted by Gasteiger charge is 2.35. The number of imidazole rings is 1. The van der Waals surface area contributed by atoms with E-state index in [0.717, 1.165) is 19.5 Å². The molecular weight excluding hydrogens is 234 g/mol. The average molecular weight is 255 g/mol. The first kappa shape index (κ1) is 12.4. The van der Waals surface area contributed by atoms with E-state index in [1.54, 1.807) is 0 Å². The Bertz CT molecular complexity index is 559. The van der Waals surface area contributed by atoms with Gasteiger partial charge in [0.15, 0.2) is 0 Å². The summed E-state index contributed by atoms with van der Waals surface area (Å²) in [7, 11) is 0. The van der Waals surface area contributed by atoms with Crippen LogP contribution in [0.25, 0.3) is 0 Å². The highest BCUT2D eigenvalue weighted by atomic mass is 15.1. The third-order valence-corrected chi connectivity index (χ3v) is 4.09. The standard InChI is InChI=1S/C16H21N3/c1-3-17-15(16-18-9-10-19(16)4-2)14-11-12-7-5-6-8-13(12)14/h5-10,14-15,17H,3-4,11H2,1-2H3. The lowest BCUT2D eigenvalue weighted by atomic mass is 9.73. The fraction of sp³-hybridized carbons (Fsp3) is 0.438. The van der Waals surface area contributed by atoms with Crippen molar-refractivity contribution < 1.29 is 0 Å². The van der Waals surface area contributed by atoms with Gasteiger partial charge in [0.1, 0.15) is 5.82 Å². The SMILES string of the molecule is CCNC(c1nccn1CC)C1Cc2ccccc21. The number of fused-ring (bicyclic) bond motifs is 1. The molecule has 2 aromatic rings. The van der Waals surface area contributed by atoms with Gasteiger partial charge in [-0.05, 0) is 31.0 Å². The quantitative estimate of drug-likeness (QED) is 0.890. The van der Waals surface area contributed by atoms with Crippen molar-refractivity contribution in [2.45, 2.75) is 38.8 Å². The molecule has 0 radical (unpaired) electrons. The van der Waals surface area contributed by atoms with Gasteiger partial charge in [-0.15, -0.1) is 0 Å². The molecule has 1 aromatic carbocycles. The maximum absolute atomic E-state index is 4.58. The first-order valence-corrected chi connectivity index (χ1v) is 7.17. The molecule has 0 saturated heterocycles. The summed E-state index contributed by atoms with van der Waals surface area (Å²) in [4.78, 5) is 4.58. The summed E-state index contributed by atoms with van der Waals surface area (Å²) in [6.45, 7) is 6.28. The van der Waals surface area contributed by atoms with Crippen LogP contribution in [0.2, 0.25) is 0 Å². The predicted octanol–water partition coefficient (Wildman–Crippen LogP) is 2.89. The molecule has 1 N–H and O–H groups in total. The van der Waals surface area contributed by atoms with Crippen LogP contribution in [0.5, 0.6) is 0 Å². The average Bonchev–Trinajstić information content (AvgIpc) is 2.87. The second-order valence-corrected chi connectivity index (χ2v) is 5.12. The number of likely N-dealkylation sites (N-methyl/N-ethyl adjacent to an activating group) is 1. The Balaban J connectivity index is 1.91. The van der Waals surface area contributed by atoms with E-state index < -0.39 is 0 Å². The lowest BCUT2D eigenvalue weighted by Crippen LogP contribution is -2.35. The van der Waals surface area contributed by atoms with Gasteiger partial charge < -0.3 is 9.88 Å². The summed E-state index contributed by atoms with van der Waals surface area (Å²) in [6.07, 6.45) is 5.14. The summed E-state index contributed by atoms with van der Waals surface area (Å²) in [5, 5.41) is 3.62. The molecule has 0 amide bonds. The lowest BCUT2D eigenvalue weighted by Gasteiger charge is -2.36. The minimum absolute atomic E-state index is 0.329. The van der Waals surface area contributed by atoms with E-state index in [1.807, 2.05) is 6.20 Å². The second kappa shape index (κ2) is 5.17. The van der Waals surface area contributed by atoms with E-state index in [1.165, 1.54) is 17.0 Å². The molecule has 2 atom stereocenters. The third kappa shape index (κ3) is 2.08. The van der Waals surface area contributed by atoms with Gasteiger partial charge >= 0.3 is 0 Å². The normalized spacial score (nSPS) is 18.7. The predicted molar refractivity (Wildman–Crippen MR) is 77.2 cm³/mol. The molecule has 0 fully saturated rings. The zero-order valence-corrected chi connectivity index (χ0v) is 11.6. The number of nitrogens with zero attached hydrogens (tertiary/aromatic N) is 2. The Morgan fingerprint density at radius 1 is 1.37 bits per heavy atom. The van der Waals surface area contributed by atoms with Crippen molar-refractivity contribution >= 4 is 0 Å². The molecule has 1 heterocycles. The zero-order valence-electron chi connectivity index (χ0n) is 11.6. The highest BCUT2D eigenvalue weighted by Crippen LogP contribution is 2.42. The molecule has 19 heavy (non-hydrogen) atoms. The Labute approximate surface area is 114 Å². The highest BCUT2D eigenvalue weighted by molar-refractivity contribution is 5.42. The van der Waals surface area contributed by atoms with Crippen LogP contribution in [-0.2, 0) is 13.0 Å². The molecule has 0 saturated carbocycles. The van der Waals surface area contributed by atoms with Crippen LogP contribution in [-0.4, -0.2) is 16.1 Å². The first-order chi connectivity index (χ1) is 9.35. The first-order valence-electron chi connectivity index (χ1n) is 7.17. The largest absolute Gasteiger partial charge is 0.334 e. The number of benzene rings is 1. The number of nitrogens with one attached hydrogen (secondary N) is 1. The molecule has 3 nitrogen and oxygen atoms in total. The van der Waals surface area contributed by atoms with Crippen molar-refractivity contribution in [3.05, 3.63) is 53.6 Å². The Kier molecular flexibility index (Phi) is 3.38. The van der Waals surface area contributed by atoms with Gasteiger partial charge in [-0.2, -0.15) is 0 Å². The molecule has 1 aliphatic rings. The van der Waals surface area contributed by atoms with Crippen LogP contribution in [0.3, 0.4) is 0 Å².